The summed E-state index contributed by atoms with van der Waals surface area (Å²) >= 11 is 0. The molecule has 0 radical (unpaired) electrons. The number of hydrogen-bond donors (Lipinski definition) is 0. The fraction of sp³-hybridized carbons (Fsp3) is 0.667. The summed E-state index contributed by atoms with van der Waals surface area (Å²) in [6.45, 7) is 8.53. The molecule has 1 aromatic rings. The molecule has 2 atom stereocenters. The Morgan fingerprint density at radius 2 is 2.00 bits per heavy atom. The highest BCUT2D eigenvalue weighted by atomic mass is 32.2. The summed E-state index contributed by atoms with van der Waals surface area (Å²) in [5, 5.41) is 0. The summed E-state index contributed by atoms with van der Waals surface area (Å²) in [4.78, 5) is 15.2. The van der Waals surface area contributed by atoms with Gasteiger partial charge in [0.1, 0.15) is 11.0 Å². The zero-order chi connectivity index (χ0) is 18.5. The quantitative estimate of drug-likeness (QED) is 0.793. The third kappa shape index (κ3) is 3.71. The Morgan fingerprint density at radius 3 is 2.59 bits per heavy atom. The molecule has 1 saturated carbocycles. The van der Waals surface area contributed by atoms with E-state index in [4.69, 9.17) is 0 Å². The molecule has 0 aromatic heterocycles. The first-order valence-corrected chi connectivity index (χ1v) is 11.1. The number of carbonyl (C=O) groups excluding carboxylic acids is 1. The molecular weight excluding hydrogens is 360 g/mol. The SMILES string of the molecule is CC(C)C(=O)N1CCc2ccc(S(=O)N3CC4(CCC4)CC3C)cc2C1.O. The number of rotatable bonds is 3. The van der Waals surface area contributed by atoms with E-state index in [9.17, 15) is 9.00 Å². The Balaban J connectivity index is 0.00000210. The number of carbonyl (C=O) groups is 1. The van der Waals surface area contributed by atoms with Gasteiger partial charge in [0.25, 0.3) is 0 Å². The number of amides is 1. The maximum atomic E-state index is 13.3. The molecule has 3 aliphatic rings. The monoisotopic (exact) mass is 392 g/mol. The van der Waals surface area contributed by atoms with Crippen LogP contribution in [0.4, 0.5) is 0 Å². The van der Waals surface area contributed by atoms with Gasteiger partial charge in [0, 0.05) is 31.6 Å². The lowest BCUT2D eigenvalue weighted by Gasteiger charge is -2.38. The van der Waals surface area contributed by atoms with E-state index in [1.54, 1.807) is 0 Å². The Labute approximate surface area is 165 Å². The van der Waals surface area contributed by atoms with Crippen molar-refractivity contribution in [1.29, 1.82) is 0 Å². The van der Waals surface area contributed by atoms with Crippen molar-refractivity contribution in [2.75, 3.05) is 13.1 Å². The molecule has 1 saturated heterocycles. The van der Waals surface area contributed by atoms with Gasteiger partial charge < -0.3 is 10.4 Å². The van der Waals surface area contributed by atoms with Crippen LogP contribution in [0.5, 0.6) is 0 Å². The molecule has 2 fully saturated rings. The fourth-order valence-corrected chi connectivity index (χ4v) is 6.36. The molecule has 1 aliphatic carbocycles. The lowest BCUT2D eigenvalue weighted by Crippen LogP contribution is -2.38. The highest BCUT2D eigenvalue weighted by Crippen LogP contribution is 2.50. The van der Waals surface area contributed by atoms with E-state index >= 15 is 0 Å². The van der Waals surface area contributed by atoms with Crippen LogP contribution in [0, 0.1) is 11.3 Å². The lowest BCUT2D eigenvalue weighted by atomic mass is 9.68. The standard InChI is InChI=1S/C21H30N2O2S.H2O/c1-15(2)20(24)22-10-7-17-5-6-19(11-18(17)13-22)26(25)23-14-21(8-4-9-21)12-16(23)3;/h5-6,11,15-16H,4,7-10,12-14H2,1-3H3;1H2. The predicted molar refractivity (Wildman–Crippen MR) is 107 cm³/mol. The largest absolute Gasteiger partial charge is 0.412 e. The van der Waals surface area contributed by atoms with E-state index in [0.29, 0.717) is 18.0 Å². The molecule has 5 nitrogen and oxygen atoms in total. The number of hydrogen-bond acceptors (Lipinski definition) is 2. The zero-order valence-electron chi connectivity index (χ0n) is 16.7. The Hall–Kier alpha value is -1.24. The van der Waals surface area contributed by atoms with Crippen LogP contribution in [0.25, 0.3) is 0 Å². The Kier molecular flexibility index (Phi) is 5.80. The van der Waals surface area contributed by atoms with Gasteiger partial charge in [-0.3, -0.25) is 4.79 Å². The summed E-state index contributed by atoms with van der Waals surface area (Å²) < 4.78 is 15.4. The minimum absolute atomic E-state index is 0. The van der Waals surface area contributed by atoms with Crippen molar-refractivity contribution in [2.45, 2.75) is 70.4 Å². The highest BCUT2D eigenvalue weighted by molar-refractivity contribution is 7.82. The minimum Gasteiger partial charge on any atom is -0.412 e. The first-order chi connectivity index (χ1) is 12.4. The van der Waals surface area contributed by atoms with E-state index in [1.807, 2.05) is 24.8 Å². The number of benzene rings is 1. The second kappa shape index (κ2) is 7.64. The van der Waals surface area contributed by atoms with Crippen molar-refractivity contribution in [2.24, 2.45) is 11.3 Å². The average Bonchev–Trinajstić information content (AvgIpc) is 2.97. The van der Waals surface area contributed by atoms with Crippen LogP contribution in [0.1, 0.15) is 57.6 Å². The van der Waals surface area contributed by atoms with Gasteiger partial charge in [-0.15, -0.1) is 0 Å². The van der Waals surface area contributed by atoms with Gasteiger partial charge >= 0.3 is 0 Å². The topological polar surface area (TPSA) is 72.1 Å². The smallest absolute Gasteiger partial charge is 0.225 e. The fourth-order valence-electron chi connectivity index (χ4n) is 4.87. The maximum Gasteiger partial charge on any atom is 0.225 e. The molecule has 1 aromatic carbocycles. The van der Waals surface area contributed by atoms with Crippen molar-refractivity contribution >= 4 is 16.9 Å². The molecule has 27 heavy (non-hydrogen) atoms. The van der Waals surface area contributed by atoms with E-state index < -0.39 is 11.0 Å². The third-order valence-corrected chi connectivity index (χ3v) is 8.11. The van der Waals surface area contributed by atoms with Crippen molar-refractivity contribution < 1.29 is 14.5 Å². The summed E-state index contributed by atoms with van der Waals surface area (Å²) in [5.74, 6) is 0.236. The van der Waals surface area contributed by atoms with Crippen LogP contribution in [0.15, 0.2) is 23.1 Å². The second-order valence-electron chi connectivity index (χ2n) is 8.83. The molecule has 1 spiro atoms. The van der Waals surface area contributed by atoms with Gasteiger partial charge in [-0.2, -0.15) is 0 Å². The van der Waals surface area contributed by atoms with Crippen LogP contribution in [-0.4, -0.2) is 43.9 Å². The van der Waals surface area contributed by atoms with Gasteiger partial charge in [-0.1, -0.05) is 26.3 Å². The van der Waals surface area contributed by atoms with Crippen molar-refractivity contribution in [1.82, 2.24) is 9.21 Å². The van der Waals surface area contributed by atoms with E-state index in [2.05, 4.69) is 23.4 Å². The summed E-state index contributed by atoms with van der Waals surface area (Å²) in [6.07, 6.45) is 5.99. The second-order valence-corrected chi connectivity index (χ2v) is 10.3. The van der Waals surface area contributed by atoms with Gasteiger partial charge in [-0.25, -0.2) is 8.51 Å². The summed E-state index contributed by atoms with van der Waals surface area (Å²) in [7, 11) is -1.10. The van der Waals surface area contributed by atoms with Crippen LogP contribution in [-0.2, 0) is 28.7 Å². The molecule has 2 heterocycles. The van der Waals surface area contributed by atoms with Crippen LogP contribution in [0.3, 0.4) is 0 Å². The maximum absolute atomic E-state index is 13.3. The van der Waals surface area contributed by atoms with E-state index in [0.717, 1.165) is 24.4 Å². The first kappa shape index (κ1) is 20.5. The predicted octanol–water partition coefficient (Wildman–Crippen LogP) is 2.69. The van der Waals surface area contributed by atoms with Gasteiger partial charge in [0.05, 0.1) is 4.90 Å². The van der Waals surface area contributed by atoms with Gasteiger partial charge in [0.2, 0.25) is 5.91 Å². The van der Waals surface area contributed by atoms with Crippen LogP contribution in [0.2, 0.25) is 0 Å². The van der Waals surface area contributed by atoms with Crippen LogP contribution < -0.4 is 0 Å². The third-order valence-electron chi connectivity index (χ3n) is 6.54. The molecule has 2 unspecified atom stereocenters. The molecule has 150 valence electrons. The summed E-state index contributed by atoms with van der Waals surface area (Å²) in [5.41, 5.74) is 2.90. The Morgan fingerprint density at radius 1 is 1.26 bits per heavy atom. The number of fused-ring (bicyclic) bond motifs is 1. The molecule has 0 bridgehead atoms. The van der Waals surface area contributed by atoms with Crippen LogP contribution >= 0.6 is 0 Å². The first-order valence-electron chi connectivity index (χ1n) is 9.98. The molecular formula is C21H32N2O3S. The van der Waals surface area contributed by atoms with Gasteiger partial charge in [0.15, 0.2) is 0 Å². The average molecular weight is 393 g/mol. The molecule has 6 heteroatoms. The van der Waals surface area contributed by atoms with E-state index in [-0.39, 0.29) is 17.3 Å². The van der Waals surface area contributed by atoms with E-state index in [1.165, 1.54) is 36.8 Å². The Bertz CT molecular complexity index is 745. The van der Waals surface area contributed by atoms with Gasteiger partial charge in [-0.05, 0) is 61.3 Å². The molecule has 2 N–H and O–H groups in total. The lowest BCUT2D eigenvalue weighted by molar-refractivity contribution is -0.135. The highest BCUT2D eigenvalue weighted by Gasteiger charge is 2.47. The zero-order valence-corrected chi connectivity index (χ0v) is 17.5. The van der Waals surface area contributed by atoms with Crippen molar-refractivity contribution in [3.8, 4) is 0 Å². The molecule has 2 aliphatic heterocycles. The minimum atomic E-state index is -1.10. The van der Waals surface area contributed by atoms with Crippen molar-refractivity contribution in [3.05, 3.63) is 29.3 Å². The molecule has 4 rings (SSSR count). The number of nitrogens with zero attached hydrogens (tertiary/aromatic N) is 2. The van der Waals surface area contributed by atoms with Crippen molar-refractivity contribution in [3.63, 3.8) is 0 Å². The normalized spacial score (nSPS) is 25.0. The summed E-state index contributed by atoms with van der Waals surface area (Å²) in [6, 6.07) is 6.63. The molecule has 1 amide bonds.